The van der Waals surface area contributed by atoms with Crippen LogP contribution in [0.4, 0.5) is 5.69 Å². The highest BCUT2D eigenvalue weighted by atomic mass is 35.5. The van der Waals surface area contributed by atoms with Crippen molar-refractivity contribution in [3.8, 4) is 5.75 Å². The molecule has 0 unspecified atom stereocenters. The van der Waals surface area contributed by atoms with E-state index in [1.807, 2.05) is 55.5 Å². The minimum atomic E-state index is -4.64. The molecule has 7 nitrogen and oxygen atoms in total. The Morgan fingerprint density at radius 3 is 2.00 bits per heavy atom. The molecule has 0 aliphatic carbocycles. The van der Waals surface area contributed by atoms with Crippen LogP contribution in [0.25, 0.3) is 10.9 Å². The molecule has 0 aliphatic heterocycles. The van der Waals surface area contributed by atoms with Gasteiger partial charge in [-0.2, -0.15) is 0 Å². The van der Waals surface area contributed by atoms with Gasteiger partial charge in [0.2, 0.25) is 0 Å². The van der Waals surface area contributed by atoms with Crippen molar-refractivity contribution in [2.45, 2.75) is 6.92 Å². The quantitative estimate of drug-likeness (QED) is 0.264. The second kappa shape index (κ2) is 8.73. The van der Waals surface area contributed by atoms with E-state index in [-0.39, 0.29) is 5.75 Å². The minimum absolute atomic E-state index is 0.127. The van der Waals surface area contributed by atoms with E-state index in [4.69, 9.17) is 36.6 Å². The summed E-state index contributed by atoms with van der Waals surface area (Å²) in [5, 5.41) is 10.4. The number of halogens is 1. The zero-order valence-electron chi connectivity index (χ0n) is 12.7. The Labute approximate surface area is 143 Å². The van der Waals surface area contributed by atoms with Gasteiger partial charge >= 0.3 is 7.82 Å². The van der Waals surface area contributed by atoms with Gasteiger partial charge in [-0.15, -0.1) is 0 Å². The molecule has 24 heavy (non-hydrogen) atoms. The number of fused-ring (bicyclic) bond motifs is 1. The highest BCUT2D eigenvalue weighted by molar-refractivity contribution is 7.45. The van der Waals surface area contributed by atoms with Gasteiger partial charge in [0.05, 0.1) is 5.52 Å². The molecular formula is C15H18ClN2O5P. The molecule has 0 bridgehead atoms. The number of aryl methyl sites for hydroxylation is 1. The summed E-state index contributed by atoms with van der Waals surface area (Å²) in [5.74, 6) is 0.127. The number of nitrogens with one attached hydrogen (secondary N) is 1. The maximum absolute atomic E-state index is 9.34. The Morgan fingerprint density at radius 2 is 1.54 bits per heavy atom. The van der Waals surface area contributed by atoms with Crippen molar-refractivity contribution in [1.82, 2.24) is 4.98 Å². The number of para-hydroxylation sites is 1. The SMILES string of the molecule is Cc1ccc(N)cc1.O=P(O)(O)O.Oc1c(Cl)[nH]c2ccccc12. The van der Waals surface area contributed by atoms with E-state index in [2.05, 4.69) is 4.98 Å². The molecule has 0 fully saturated rings. The van der Waals surface area contributed by atoms with Crippen molar-refractivity contribution in [3.05, 3.63) is 59.2 Å². The summed E-state index contributed by atoms with van der Waals surface area (Å²) in [4.78, 5) is 24.4. The smallest absolute Gasteiger partial charge is 0.466 e. The topological polar surface area (TPSA) is 140 Å². The molecule has 130 valence electrons. The zero-order valence-corrected chi connectivity index (χ0v) is 14.4. The van der Waals surface area contributed by atoms with E-state index in [0.717, 1.165) is 16.6 Å². The molecule has 3 aromatic rings. The number of nitrogens with two attached hydrogens (primary N) is 1. The van der Waals surface area contributed by atoms with E-state index in [1.165, 1.54) is 5.56 Å². The van der Waals surface area contributed by atoms with Crippen molar-refractivity contribution in [3.63, 3.8) is 0 Å². The second-order valence-corrected chi connectivity index (χ2v) is 6.16. The molecule has 0 radical (unpaired) electrons. The lowest BCUT2D eigenvalue weighted by molar-refractivity contribution is 0.275. The summed E-state index contributed by atoms with van der Waals surface area (Å²) < 4.78 is 8.88. The summed E-state index contributed by atoms with van der Waals surface area (Å²) in [7, 11) is -4.64. The average Bonchev–Trinajstić information content (AvgIpc) is 2.77. The monoisotopic (exact) mass is 372 g/mol. The number of anilines is 1. The van der Waals surface area contributed by atoms with E-state index >= 15 is 0 Å². The Hall–Kier alpha value is -2.02. The predicted octanol–water partition coefficient (Wildman–Crippen LogP) is 3.18. The molecule has 2 aromatic carbocycles. The Balaban J connectivity index is 0.000000196. The number of H-pyrrole nitrogens is 1. The number of aromatic nitrogens is 1. The maximum atomic E-state index is 9.34. The molecule has 9 heteroatoms. The first-order valence-corrected chi connectivity index (χ1v) is 8.58. The number of rotatable bonds is 0. The predicted molar refractivity (Wildman–Crippen MR) is 94.8 cm³/mol. The summed E-state index contributed by atoms with van der Waals surface area (Å²) in [6, 6.07) is 15.2. The standard InChI is InChI=1S/C8H6ClNO.C7H9N.H3O4P/c9-8-7(11)5-3-1-2-4-6(5)10-8;1-6-2-4-7(8)5-3-6;1-5(2,3)4/h1-4,10-11H;2-5H,8H2,1H3;(H3,1,2,3,4). The van der Waals surface area contributed by atoms with Crippen LogP contribution in [0.1, 0.15) is 5.56 Å². The Morgan fingerprint density at radius 1 is 1.04 bits per heavy atom. The number of aromatic amines is 1. The molecule has 0 saturated carbocycles. The van der Waals surface area contributed by atoms with E-state index in [9.17, 15) is 5.11 Å². The van der Waals surface area contributed by atoms with Crippen LogP contribution in [-0.4, -0.2) is 24.8 Å². The number of benzene rings is 2. The molecule has 0 saturated heterocycles. The van der Waals surface area contributed by atoms with E-state index < -0.39 is 7.82 Å². The third kappa shape index (κ3) is 7.50. The van der Waals surface area contributed by atoms with Crippen LogP contribution in [0, 0.1) is 6.92 Å². The van der Waals surface area contributed by atoms with Gasteiger partial charge in [-0.1, -0.05) is 41.4 Å². The summed E-state index contributed by atoms with van der Waals surface area (Å²) >= 11 is 5.65. The molecule has 7 N–H and O–H groups in total. The fourth-order valence-electron chi connectivity index (χ4n) is 1.66. The third-order valence-corrected chi connectivity index (χ3v) is 2.99. The van der Waals surface area contributed by atoms with Gasteiger partial charge in [-0.05, 0) is 31.2 Å². The molecule has 0 atom stereocenters. The molecule has 1 aromatic heterocycles. The Kier molecular flexibility index (Phi) is 7.28. The summed E-state index contributed by atoms with van der Waals surface area (Å²) in [6.45, 7) is 2.04. The third-order valence-electron chi connectivity index (χ3n) is 2.71. The van der Waals surface area contributed by atoms with Gasteiger partial charge in [0.1, 0.15) is 5.15 Å². The average molecular weight is 373 g/mol. The van der Waals surface area contributed by atoms with Crippen LogP contribution in [-0.2, 0) is 4.57 Å². The normalized spacial score (nSPS) is 10.4. The first-order chi connectivity index (χ1) is 11.1. The van der Waals surface area contributed by atoms with Crippen LogP contribution >= 0.6 is 19.4 Å². The van der Waals surface area contributed by atoms with Gasteiger partial charge in [-0.3, -0.25) is 0 Å². The molecule has 0 aliphatic rings. The fourth-order valence-corrected chi connectivity index (χ4v) is 1.86. The highest BCUT2D eigenvalue weighted by Gasteiger charge is 2.05. The van der Waals surface area contributed by atoms with Crippen LogP contribution in [0.15, 0.2) is 48.5 Å². The maximum Gasteiger partial charge on any atom is 0.466 e. The van der Waals surface area contributed by atoms with Crippen molar-refractivity contribution < 1.29 is 24.4 Å². The van der Waals surface area contributed by atoms with E-state index in [1.54, 1.807) is 0 Å². The lowest BCUT2D eigenvalue weighted by Crippen LogP contribution is -1.81. The Bertz CT molecular complexity index is 800. The van der Waals surface area contributed by atoms with Gasteiger partial charge in [0.25, 0.3) is 0 Å². The van der Waals surface area contributed by atoms with Crippen LogP contribution in [0.3, 0.4) is 0 Å². The summed E-state index contributed by atoms with van der Waals surface area (Å²) in [6.07, 6.45) is 0. The zero-order chi connectivity index (χ0) is 18.3. The lowest BCUT2D eigenvalue weighted by Gasteiger charge is -1.90. The molecule has 1 heterocycles. The van der Waals surface area contributed by atoms with Gasteiger partial charge in [0.15, 0.2) is 5.75 Å². The number of hydrogen-bond acceptors (Lipinski definition) is 3. The van der Waals surface area contributed by atoms with Crippen molar-refractivity contribution in [2.75, 3.05) is 5.73 Å². The molecular weight excluding hydrogens is 355 g/mol. The van der Waals surface area contributed by atoms with Gasteiger partial charge < -0.3 is 30.5 Å². The van der Waals surface area contributed by atoms with Crippen molar-refractivity contribution >= 4 is 36.0 Å². The molecule has 0 spiro atoms. The number of hydrogen-bond donors (Lipinski definition) is 6. The largest absolute Gasteiger partial charge is 0.504 e. The van der Waals surface area contributed by atoms with Crippen LogP contribution in [0.5, 0.6) is 5.75 Å². The lowest BCUT2D eigenvalue weighted by atomic mass is 10.2. The molecule has 3 rings (SSSR count). The van der Waals surface area contributed by atoms with Gasteiger partial charge in [0, 0.05) is 11.1 Å². The van der Waals surface area contributed by atoms with Crippen LogP contribution < -0.4 is 5.73 Å². The number of nitrogen functional groups attached to an aromatic ring is 1. The first kappa shape index (κ1) is 20.0. The minimum Gasteiger partial charge on any atom is -0.504 e. The number of phosphoric acid groups is 1. The second-order valence-electron chi connectivity index (χ2n) is 4.76. The number of aromatic hydroxyl groups is 1. The fraction of sp³-hybridized carbons (Fsp3) is 0.0667. The van der Waals surface area contributed by atoms with Crippen molar-refractivity contribution in [1.29, 1.82) is 0 Å². The highest BCUT2D eigenvalue weighted by Crippen LogP contribution is 2.31. The molecule has 0 amide bonds. The van der Waals surface area contributed by atoms with Crippen molar-refractivity contribution in [2.24, 2.45) is 0 Å². The van der Waals surface area contributed by atoms with Gasteiger partial charge in [-0.25, -0.2) is 4.57 Å². The van der Waals surface area contributed by atoms with E-state index in [0.29, 0.717) is 5.15 Å². The first-order valence-electron chi connectivity index (χ1n) is 6.63. The summed E-state index contributed by atoms with van der Waals surface area (Å²) in [5.41, 5.74) is 8.36. The van der Waals surface area contributed by atoms with Crippen LogP contribution in [0.2, 0.25) is 5.15 Å².